The highest BCUT2D eigenvalue weighted by Crippen LogP contribution is 2.38. The maximum Gasteiger partial charge on any atom is 0.105 e. The van der Waals surface area contributed by atoms with Crippen molar-refractivity contribution in [1.29, 1.82) is 0 Å². The minimum atomic E-state index is -0.657. The van der Waals surface area contributed by atoms with Crippen LogP contribution in [0.5, 0.6) is 0 Å². The number of benzene rings is 1. The van der Waals surface area contributed by atoms with Crippen molar-refractivity contribution in [1.82, 2.24) is 5.32 Å². The zero-order valence-electron chi connectivity index (χ0n) is 8.53. The second-order valence-corrected chi connectivity index (χ2v) is 4.02. The smallest absolute Gasteiger partial charge is 0.105 e. The van der Waals surface area contributed by atoms with E-state index in [1.165, 1.54) is 0 Å². The molecule has 1 aliphatic carbocycles. The summed E-state index contributed by atoms with van der Waals surface area (Å²) >= 11 is 0. The first-order chi connectivity index (χ1) is 6.77. The van der Waals surface area contributed by atoms with Gasteiger partial charge in [0.2, 0.25) is 0 Å². The van der Waals surface area contributed by atoms with E-state index in [-0.39, 0.29) is 6.04 Å². The van der Waals surface area contributed by atoms with Crippen molar-refractivity contribution < 1.29 is 5.11 Å². The van der Waals surface area contributed by atoms with E-state index in [1.807, 2.05) is 37.4 Å². The minimum absolute atomic E-state index is 0.199. The van der Waals surface area contributed by atoms with Crippen LogP contribution in [0.4, 0.5) is 0 Å². The molecule has 0 amide bonds. The molecule has 2 heteroatoms. The first-order valence-corrected chi connectivity index (χ1v) is 5.22. The van der Waals surface area contributed by atoms with Gasteiger partial charge < -0.3 is 10.4 Å². The number of nitrogens with one attached hydrogen (secondary N) is 1. The van der Waals surface area contributed by atoms with Gasteiger partial charge in [0.1, 0.15) is 5.60 Å². The second-order valence-electron chi connectivity index (χ2n) is 4.02. The summed E-state index contributed by atoms with van der Waals surface area (Å²) in [6.07, 6.45) is 3.02. The zero-order chi connectivity index (χ0) is 10.0. The minimum Gasteiger partial charge on any atom is -0.384 e. The fourth-order valence-electron chi connectivity index (χ4n) is 2.44. The Bertz CT molecular complexity index is 298. The van der Waals surface area contributed by atoms with E-state index >= 15 is 0 Å². The molecule has 0 heterocycles. The molecule has 2 N–H and O–H groups in total. The largest absolute Gasteiger partial charge is 0.384 e. The van der Waals surface area contributed by atoms with Crippen molar-refractivity contribution in [2.45, 2.75) is 30.9 Å². The number of hydrogen-bond acceptors (Lipinski definition) is 2. The van der Waals surface area contributed by atoms with E-state index in [4.69, 9.17) is 0 Å². The van der Waals surface area contributed by atoms with Gasteiger partial charge in [0.15, 0.2) is 0 Å². The van der Waals surface area contributed by atoms with Crippen LogP contribution >= 0.6 is 0 Å². The highest BCUT2D eigenvalue weighted by Gasteiger charge is 2.41. The van der Waals surface area contributed by atoms with Crippen LogP contribution in [0.15, 0.2) is 30.3 Å². The molecule has 1 saturated carbocycles. The van der Waals surface area contributed by atoms with Gasteiger partial charge in [-0.3, -0.25) is 0 Å². The van der Waals surface area contributed by atoms with Crippen LogP contribution in [0.2, 0.25) is 0 Å². The third kappa shape index (κ3) is 1.45. The van der Waals surface area contributed by atoms with Crippen molar-refractivity contribution in [2.75, 3.05) is 7.05 Å². The Morgan fingerprint density at radius 1 is 1.36 bits per heavy atom. The molecular formula is C12H17NO. The van der Waals surface area contributed by atoms with Crippen molar-refractivity contribution >= 4 is 0 Å². The Labute approximate surface area is 85.0 Å². The second kappa shape index (κ2) is 3.71. The molecule has 1 aromatic carbocycles. The third-order valence-corrected chi connectivity index (χ3v) is 3.25. The van der Waals surface area contributed by atoms with Gasteiger partial charge in [-0.2, -0.15) is 0 Å². The van der Waals surface area contributed by atoms with Crippen LogP contribution in [0.25, 0.3) is 0 Å². The van der Waals surface area contributed by atoms with E-state index in [1.54, 1.807) is 0 Å². The lowest BCUT2D eigenvalue weighted by Gasteiger charge is -2.30. The van der Waals surface area contributed by atoms with Crippen LogP contribution < -0.4 is 5.32 Å². The Morgan fingerprint density at radius 3 is 2.71 bits per heavy atom. The van der Waals surface area contributed by atoms with Crippen LogP contribution in [0, 0.1) is 0 Å². The SMILES string of the molecule is CN[C@@H]1CCC[C@]1(O)c1ccccc1. The normalized spacial score (nSPS) is 32.0. The van der Waals surface area contributed by atoms with E-state index in [9.17, 15) is 5.11 Å². The molecule has 1 aromatic rings. The highest BCUT2D eigenvalue weighted by molar-refractivity contribution is 5.25. The Balaban J connectivity index is 2.31. The van der Waals surface area contributed by atoms with Gasteiger partial charge in [0.05, 0.1) is 0 Å². The average Bonchev–Trinajstić information content (AvgIpc) is 2.62. The van der Waals surface area contributed by atoms with Crippen LogP contribution in [0.3, 0.4) is 0 Å². The molecule has 1 aliphatic rings. The molecule has 0 saturated heterocycles. The van der Waals surface area contributed by atoms with Gasteiger partial charge in [-0.15, -0.1) is 0 Å². The molecule has 14 heavy (non-hydrogen) atoms. The third-order valence-electron chi connectivity index (χ3n) is 3.25. The van der Waals surface area contributed by atoms with Crippen molar-refractivity contribution in [3.8, 4) is 0 Å². The lowest BCUT2D eigenvalue weighted by Crippen LogP contribution is -2.42. The maximum atomic E-state index is 10.6. The van der Waals surface area contributed by atoms with E-state index in [0.717, 1.165) is 24.8 Å². The summed E-state index contributed by atoms with van der Waals surface area (Å²) < 4.78 is 0. The first kappa shape index (κ1) is 9.69. The molecule has 0 bridgehead atoms. The number of hydrogen-bond donors (Lipinski definition) is 2. The van der Waals surface area contributed by atoms with E-state index in [2.05, 4.69) is 5.32 Å². The lowest BCUT2D eigenvalue weighted by molar-refractivity contribution is 0.0185. The molecule has 2 atom stereocenters. The van der Waals surface area contributed by atoms with E-state index < -0.39 is 5.60 Å². The summed E-state index contributed by atoms with van der Waals surface area (Å²) in [5, 5.41) is 13.8. The predicted molar refractivity (Wildman–Crippen MR) is 57.0 cm³/mol. The molecule has 0 spiro atoms. The number of likely N-dealkylation sites (N-methyl/N-ethyl adjacent to an activating group) is 1. The van der Waals surface area contributed by atoms with Crippen LogP contribution in [-0.4, -0.2) is 18.2 Å². The summed E-state index contributed by atoms with van der Waals surface area (Å²) in [7, 11) is 1.92. The topological polar surface area (TPSA) is 32.3 Å². The first-order valence-electron chi connectivity index (χ1n) is 5.22. The molecule has 2 rings (SSSR count). The van der Waals surface area contributed by atoms with Gasteiger partial charge >= 0.3 is 0 Å². The molecule has 76 valence electrons. The van der Waals surface area contributed by atoms with E-state index in [0.29, 0.717) is 0 Å². The molecule has 0 unspecified atom stereocenters. The Morgan fingerprint density at radius 2 is 2.07 bits per heavy atom. The summed E-state index contributed by atoms with van der Waals surface area (Å²) in [6.45, 7) is 0. The summed E-state index contributed by atoms with van der Waals surface area (Å²) in [6, 6.07) is 10.2. The molecular weight excluding hydrogens is 174 g/mol. The van der Waals surface area contributed by atoms with Crippen LogP contribution in [0.1, 0.15) is 24.8 Å². The van der Waals surface area contributed by atoms with Crippen LogP contribution in [-0.2, 0) is 5.60 Å². The average molecular weight is 191 g/mol. The lowest BCUT2D eigenvalue weighted by atomic mass is 9.89. The summed E-state index contributed by atoms with van der Waals surface area (Å²) in [5.41, 5.74) is 0.382. The molecule has 0 aromatic heterocycles. The molecule has 1 fully saturated rings. The fraction of sp³-hybridized carbons (Fsp3) is 0.500. The van der Waals surface area contributed by atoms with Gasteiger partial charge in [-0.25, -0.2) is 0 Å². The summed E-state index contributed by atoms with van der Waals surface area (Å²) in [5.74, 6) is 0. The molecule has 2 nitrogen and oxygen atoms in total. The quantitative estimate of drug-likeness (QED) is 0.745. The zero-order valence-corrected chi connectivity index (χ0v) is 8.53. The maximum absolute atomic E-state index is 10.6. The molecule has 0 radical (unpaired) electrons. The number of rotatable bonds is 2. The monoisotopic (exact) mass is 191 g/mol. The van der Waals surface area contributed by atoms with Gasteiger partial charge in [-0.1, -0.05) is 30.3 Å². The van der Waals surface area contributed by atoms with Gasteiger partial charge in [0.25, 0.3) is 0 Å². The van der Waals surface area contributed by atoms with Gasteiger partial charge in [0, 0.05) is 6.04 Å². The van der Waals surface area contributed by atoms with Crippen molar-refractivity contribution in [3.05, 3.63) is 35.9 Å². The number of aliphatic hydroxyl groups is 1. The Kier molecular flexibility index (Phi) is 2.57. The predicted octanol–water partition coefficient (Wildman–Crippen LogP) is 1.65. The van der Waals surface area contributed by atoms with Crippen molar-refractivity contribution in [3.63, 3.8) is 0 Å². The van der Waals surface area contributed by atoms with Gasteiger partial charge in [-0.05, 0) is 31.9 Å². The standard InChI is InChI=1S/C12H17NO/c1-13-11-8-5-9-12(11,14)10-6-3-2-4-7-10/h2-4,6-7,11,13-14H,5,8-9H2,1H3/t11-,12+/m1/s1. The summed E-state index contributed by atoms with van der Waals surface area (Å²) in [4.78, 5) is 0. The fourth-order valence-corrected chi connectivity index (χ4v) is 2.44. The highest BCUT2D eigenvalue weighted by atomic mass is 16.3. The Hall–Kier alpha value is -0.860. The molecule has 0 aliphatic heterocycles. The van der Waals surface area contributed by atoms with Crippen molar-refractivity contribution in [2.24, 2.45) is 0 Å².